The van der Waals surface area contributed by atoms with Crippen LogP contribution in [0.25, 0.3) is 11.0 Å². The van der Waals surface area contributed by atoms with Crippen molar-refractivity contribution in [2.45, 2.75) is 12.5 Å². The first-order valence-corrected chi connectivity index (χ1v) is 5.49. The number of methoxy groups -OCH3 is 1. The number of nitrogens with zero attached hydrogens (tertiary/aromatic N) is 1. The summed E-state index contributed by atoms with van der Waals surface area (Å²) in [6, 6.07) is 3.22. The highest BCUT2D eigenvalue weighted by atomic mass is 35.5. The van der Waals surface area contributed by atoms with Crippen LogP contribution in [0.3, 0.4) is 0 Å². The Bertz CT molecular complexity index is 526. The Morgan fingerprint density at radius 1 is 1.71 bits per heavy atom. The minimum Gasteiger partial charge on any atom is -0.468 e. The molecule has 0 aliphatic rings. The zero-order valence-corrected chi connectivity index (χ0v) is 9.99. The van der Waals surface area contributed by atoms with Gasteiger partial charge >= 0.3 is 5.97 Å². The summed E-state index contributed by atoms with van der Waals surface area (Å²) in [4.78, 5) is 21.0. The number of nitrogens with one attached hydrogen (secondary N) is 2. The third kappa shape index (κ3) is 2.40. The Labute approximate surface area is 103 Å². The third-order valence-corrected chi connectivity index (χ3v) is 2.84. The molecule has 0 amide bonds. The van der Waals surface area contributed by atoms with E-state index in [-0.39, 0.29) is 0 Å². The van der Waals surface area contributed by atoms with Gasteiger partial charge in [0.1, 0.15) is 11.7 Å². The number of carbonyl (C=O) groups is 1. The first-order valence-electron chi connectivity index (χ1n) is 5.11. The molecule has 2 aromatic rings. The van der Waals surface area contributed by atoms with Crippen molar-refractivity contribution < 1.29 is 9.53 Å². The van der Waals surface area contributed by atoms with Gasteiger partial charge in [0.05, 0.1) is 7.11 Å². The van der Waals surface area contributed by atoms with Crippen molar-refractivity contribution in [3.63, 3.8) is 0 Å². The smallest absolute Gasteiger partial charge is 0.324 e. The van der Waals surface area contributed by atoms with Gasteiger partial charge in [-0.05, 0) is 29.5 Å². The number of esters is 1. The van der Waals surface area contributed by atoms with Crippen LogP contribution >= 0.6 is 11.8 Å². The normalized spacial score (nSPS) is 12.6. The predicted octanol–water partition coefficient (Wildman–Crippen LogP) is 1.39. The summed E-state index contributed by atoms with van der Waals surface area (Å²) in [5, 5.41) is 0.980. The molecule has 0 aliphatic carbocycles. The number of H-pyrrole nitrogens is 1. The summed E-state index contributed by atoms with van der Waals surface area (Å²) < 4.78 is 4.65. The Morgan fingerprint density at radius 3 is 3.24 bits per heavy atom. The van der Waals surface area contributed by atoms with Gasteiger partial charge < -0.3 is 9.72 Å². The van der Waals surface area contributed by atoms with Crippen LogP contribution in [-0.4, -0.2) is 29.1 Å². The van der Waals surface area contributed by atoms with Gasteiger partial charge in [-0.3, -0.25) is 4.79 Å². The van der Waals surface area contributed by atoms with E-state index in [9.17, 15) is 4.79 Å². The molecular weight excluding hydrogens is 242 g/mol. The summed E-state index contributed by atoms with van der Waals surface area (Å²) in [7, 11) is 1.33. The molecule has 5 nitrogen and oxygen atoms in total. The molecule has 0 saturated carbocycles. The second-order valence-corrected chi connectivity index (χ2v) is 3.82. The van der Waals surface area contributed by atoms with Crippen LogP contribution in [0.1, 0.15) is 5.56 Å². The molecule has 6 heteroatoms. The SMILES string of the molecule is COC(=O)C(Cc1c[nH]c2ncccc12)NCl. The quantitative estimate of drug-likeness (QED) is 0.638. The molecule has 0 saturated heterocycles. The predicted molar refractivity (Wildman–Crippen MR) is 64.6 cm³/mol. The highest BCUT2D eigenvalue weighted by Gasteiger charge is 2.20. The lowest BCUT2D eigenvalue weighted by atomic mass is 10.1. The van der Waals surface area contributed by atoms with E-state index in [1.165, 1.54) is 7.11 Å². The standard InChI is InChI=1S/C11H12ClN3O2/c1-17-11(16)9(15-12)5-7-6-14-10-8(7)3-2-4-13-10/h2-4,6,9,15H,5H2,1H3,(H,13,14). The monoisotopic (exact) mass is 253 g/mol. The molecule has 2 N–H and O–H groups in total. The average molecular weight is 254 g/mol. The van der Waals surface area contributed by atoms with E-state index < -0.39 is 12.0 Å². The minimum absolute atomic E-state index is 0.391. The highest BCUT2D eigenvalue weighted by molar-refractivity contribution is 6.14. The maximum absolute atomic E-state index is 11.4. The van der Waals surface area contributed by atoms with E-state index in [0.717, 1.165) is 16.6 Å². The Morgan fingerprint density at radius 2 is 2.53 bits per heavy atom. The zero-order chi connectivity index (χ0) is 12.3. The van der Waals surface area contributed by atoms with Crippen LogP contribution in [0.4, 0.5) is 0 Å². The van der Waals surface area contributed by atoms with Crippen molar-refractivity contribution in [1.29, 1.82) is 0 Å². The van der Waals surface area contributed by atoms with Crippen LogP contribution in [0.5, 0.6) is 0 Å². The lowest BCUT2D eigenvalue weighted by Gasteiger charge is -2.11. The van der Waals surface area contributed by atoms with Gasteiger partial charge in [-0.1, -0.05) is 0 Å². The van der Waals surface area contributed by atoms with Crippen molar-refractivity contribution in [3.8, 4) is 0 Å². The summed E-state index contributed by atoms with van der Waals surface area (Å²) in [5.74, 6) is -0.391. The van der Waals surface area contributed by atoms with Crippen molar-refractivity contribution in [3.05, 3.63) is 30.1 Å². The van der Waals surface area contributed by atoms with Crippen LogP contribution in [0.2, 0.25) is 0 Å². The molecule has 0 bridgehead atoms. The minimum atomic E-state index is -0.569. The summed E-state index contributed by atoms with van der Waals surface area (Å²) in [5.41, 5.74) is 1.76. The lowest BCUT2D eigenvalue weighted by Crippen LogP contribution is -2.33. The number of ether oxygens (including phenoxy) is 1. The van der Waals surface area contributed by atoms with Gasteiger partial charge in [-0.15, -0.1) is 0 Å². The first kappa shape index (κ1) is 11.9. The van der Waals surface area contributed by atoms with Gasteiger partial charge in [-0.2, -0.15) is 0 Å². The zero-order valence-electron chi connectivity index (χ0n) is 9.24. The number of fused-ring (bicyclic) bond motifs is 1. The van der Waals surface area contributed by atoms with Crippen LogP contribution < -0.4 is 4.84 Å². The van der Waals surface area contributed by atoms with E-state index in [4.69, 9.17) is 11.8 Å². The Hall–Kier alpha value is -1.59. The number of aromatic amines is 1. The molecule has 1 unspecified atom stereocenters. The van der Waals surface area contributed by atoms with Crippen molar-refractivity contribution in [1.82, 2.24) is 14.8 Å². The number of halogens is 1. The molecule has 2 rings (SSSR count). The number of pyridine rings is 1. The van der Waals surface area contributed by atoms with Gasteiger partial charge in [0, 0.05) is 24.2 Å². The molecule has 0 spiro atoms. The summed E-state index contributed by atoms with van der Waals surface area (Å²) in [6.45, 7) is 0. The molecular formula is C11H12ClN3O2. The molecule has 2 heterocycles. The van der Waals surface area contributed by atoms with E-state index in [1.807, 2.05) is 18.3 Å². The van der Waals surface area contributed by atoms with Crippen LogP contribution in [-0.2, 0) is 16.0 Å². The van der Waals surface area contributed by atoms with E-state index in [2.05, 4.69) is 19.5 Å². The fraction of sp³-hybridized carbons (Fsp3) is 0.273. The van der Waals surface area contributed by atoms with E-state index in [0.29, 0.717) is 6.42 Å². The molecule has 2 aromatic heterocycles. The fourth-order valence-electron chi connectivity index (χ4n) is 1.71. The molecule has 17 heavy (non-hydrogen) atoms. The van der Waals surface area contributed by atoms with Gasteiger partial charge in [0.25, 0.3) is 0 Å². The van der Waals surface area contributed by atoms with Crippen molar-refractivity contribution in [2.75, 3.05) is 7.11 Å². The Balaban J connectivity index is 2.25. The molecule has 0 aromatic carbocycles. The van der Waals surface area contributed by atoms with Gasteiger partial charge in [0.2, 0.25) is 0 Å². The second kappa shape index (κ2) is 5.16. The van der Waals surface area contributed by atoms with Crippen LogP contribution in [0, 0.1) is 0 Å². The molecule has 0 fully saturated rings. The summed E-state index contributed by atoms with van der Waals surface area (Å²) >= 11 is 5.53. The van der Waals surface area contributed by atoms with Crippen LogP contribution in [0.15, 0.2) is 24.5 Å². The number of aromatic nitrogens is 2. The number of rotatable bonds is 4. The number of hydrogen-bond acceptors (Lipinski definition) is 4. The Kier molecular flexibility index (Phi) is 3.61. The van der Waals surface area contributed by atoms with Gasteiger partial charge in [-0.25, -0.2) is 9.82 Å². The number of carbonyl (C=O) groups excluding carboxylic acids is 1. The third-order valence-electron chi connectivity index (χ3n) is 2.58. The van der Waals surface area contributed by atoms with E-state index >= 15 is 0 Å². The maximum Gasteiger partial charge on any atom is 0.324 e. The topological polar surface area (TPSA) is 67.0 Å². The largest absolute Gasteiger partial charge is 0.468 e. The number of hydrogen-bond donors (Lipinski definition) is 2. The summed E-state index contributed by atoms with van der Waals surface area (Å²) in [6.07, 6.45) is 3.98. The first-order chi connectivity index (χ1) is 8.26. The van der Waals surface area contributed by atoms with Crippen molar-refractivity contribution in [2.24, 2.45) is 0 Å². The molecule has 90 valence electrons. The van der Waals surface area contributed by atoms with Gasteiger partial charge in [0.15, 0.2) is 0 Å². The van der Waals surface area contributed by atoms with E-state index in [1.54, 1.807) is 6.20 Å². The molecule has 0 radical (unpaired) electrons. The lowest BCUT2D eigenvalue weighted by molar-refractivity contribution is -0.142. The second-order valence-electron chi connectivity index (χ2n) is 3.60. The molecule has 1 atom stereocenters. The fourth-order valence-corrected chi connectivity index (χ4v) is 1.88. The highest BCUT2D eigenvalue weighted by Crippen LogP contribution is 2.17. The molecule has 0 aliphatic heterocycles. The average Bonchev–Trinajstić information content (AvgIpc) is 2.78. The maximum atomic E-state index is 11.4. The van der Waals surface area contributed by atoms with Crippen molar-refractivity contribution >= 4 is 28.8 Å².